The topological polar surface area (TPSA) is 81.9 Å². The summed E-state index contributed by atoms with van der Waals surface area (Å²) in [5.74, 6) is 1.11. The maximum Gasteiger partial charge on any atom is 0.255 e. The lowest BCUT2D eigenvalue weighted by Crippen LogP contribution is -2.12. The third kappa shape index (κ3) is 3.24. The number of nitrogens with zero attached hydrogens (tertiary/aromatic N) is 4. The molecule has 7 heteroatoms. The normalized spacial score (nSPS) is 10.4. The lowest BCUT2D eigenvalue weighted by atomic mass is 10.1. The molecule has 0 saturated carbocycles. The Hall–Kier alpha value is -3.22. The number of carbonyl (C=O) groups is 1. The van der Waals surface area contributed by atoms with Crippen LogP contribution >= 0.6 is 0 Å². The van der Waals surface area contributed by atoms with Gasteiger partial charge in [0.25, 0.3) is 5.91 Å². The second-order valence-corrected chi connectivity index (χ2v) is 5.09. The Labute approximate surface area is 139 Å². The van der Waals surface area contributed by atoms with Crippen molar-refractivity contribution in [3.05, 3.63) is 54.1 Å². The first-order valence-corrected chi connectivity index (χ1v) is 7.53. The van der Waals surface area contributed by atoms with Crippen LogP contribution in [-0.4, -0.2) is 33.2 Å². The molecule has 122 valence electrons. The monoisotopic (exact) mass is 323 g/mol. The maximum absolute atomic E-state index is 12.5. The van der Waals surface area contributed by atoms with Gasteiger partial charge in [-0.2, -0.15) is 0 Å². The Kier molecular flexibility index (Phi) is 4.51. The maximum atomic E-state index is 12.5. The molecule has 1 heterocycles. The van der Waals surface area contributed by atoms with Gasteiger partial charge in [-0.1, -0.05) is 18.2 Å². The van der Waals surface area contributed by atoms with Crippen molar-refractivity contribution in [3.8, 4) is 17.1 Å². The van der Waals surface area contributed by atoms with E-state index in [1.165, 1.54) is 0 Å². The van der Waals surface area contributed by atoms with E-state index in [1.807, 2.05) is 37.3 Å². The molecule has 1 aromatic heterocycles. The fourth-order valence-corrected chi connectivity index (χ4v) is 2.33. The number of tetrazole rings is 1. The Bertz CT molecular complexity index is 859. The van der Waals surface area contributed by atoms with Gasteiger partial charge in [-0.25, -0.2) is 4.68 Å². The van der Waals surface area contributed by atoms with Crippen LogP contribution in [-0.2, 0) is 6.54 Å². The standard InChI is InChI=1S/C17H17N5O2/c1-3-22-16(19-20-21-22)12-6-4-7-13(10-12)17(23)18-14-8-5-9-15(11-14)24-2/h4-11H,3H2,1-2H3,(H,18,23). The molecule has 24 heavy (non-hydrogen) atoms. The van der Waals surface area contributed by atoms with Crippen LogP contribution in [0.4, 0.5) is 5.69 Å². The van der Waals surface area contributed by atoms with Crippen LogP contribution in [0.5, 0.6) is 5.75 Å². The minimum absolute atomic E-state index is 0.208. The number of carbonyl (C=O) groups excluding carboxylic acids is 1. The van der Waals surface area contributed by atoms with Crippen molar-refractivity contribution in [2.24, 2.45) is 0 Å². The summed E-state index contributed by atoms with van der Waals surface area (Å²) in [5, 5.41) is 14.5. The fraction of sp³-hybridized carbons (Fsp3) is 0.176. The van der Waals surface area contributed by atoms with Crippen LogP contribution < -0.4 is 10.1 Å². The predicted molar refractivity (Wildman–Crippen MR) is 89.9 cm³/mol. The van der Waals surface area contributed by atoms with E-state index in [4.69, 9.17) is 4.74 Å². The number of aryl methyl sites for hydroxylation is 1. The average Bonchev–Trinajstić information content (AvgIpc) is 3.10. The van der Waals surface area contributed by atoms with Gasteiger partial charge in [0.1, 0.15) is 5.75 Å². The van der Waals surface area contributed by atoms with Gasteiger partial charge < -0.3 is 10.1 Å². The summed E-state index contributed by atoms with van der Waals surface area (Å²) >= 11 is 0. The number of ether oxygens (including phenoxy) is 1. The van der Waals surface area contributed by atoms with Crippen molar-refractivity contribution in [1.82, 2.24) is 20.2 Å². The van der Waals surface area contributed by atoms with Gasteiger partial charge >= 0.3 is 0 Å². The number of nitrogens with one attached hydrogen (secondary N) is 1. The first-order valence-electron chi connectivity index (χ1n) is 7.53. The molecule has 0 radical (unpaired) electrons. The molecule has 2 aromatic carbocycles. The molecule has 3 aromatic rings. The van der Waals surface area contributed by atoms with Gasteiger partial charge in [0.15, 0.2) is 5.82 Å². The zero-order valence-corrected chi connectivity index (χ0v) is 13.4. The van der Waals surface area contributed by atoms with E-state index in [-0.39, 0.29) is 5.91 Å². The van der Waals surface area contributed by atoms with Gasteiger partial charge in [0, 0.05) is 29.4 Å². The molecule has 0 saturated heterocycles. The molecule has 1 N–H and O–H groups in total. The number of rotatable bonds is 5. The lowest BCUT2D eigenvalue weighted by Gasteiger charge is -2.08. The van der Waals surface area contributed by atoms with E-state index in [0.29, 0.717) is 29.4 Å². The van der Waals surface area contributed by atoms with Crippen LogP contribution in [0.25, 0.3) is 11.4 Å². The molecule has 3 rings (SSSR count). The summed E-state index contributed by atoms with van der Waals surface area (Å²) in [5.41, 5.74) is 1.99. The Morgan fingerprint density at radius 1 is 1.21 bits per heavy atom. The highest BCUT2D eigenvalue weighted by Crippen LogP contribution is 2.20. The Balaban J connectivity index is 1.84. The highest BCUT2D eigenvalue weighted by Gasteiger charge is 2.12. The van der Waals surface area contributed by atoms with Crippen molar-refractivity contribution in [1.29, 1.82) is 0 Å². The first-order chi connectivity index (χ1) is 11.7. The minimum Gasteiger partial charge on any atom is -0.497 e. The predicted octanol–water partition coefficient (Wildman–Crippen LogP) is 2.62. The van der Waals surface area contributed by atoms with E-state index in [9.17, 15) is 4.79 Å². The second-order valence-electron chi connectivity index (χ2n) is 5.09. The molecule has 0 aliphatic carbocycles. The Morgan fingerprint density at radius 2 is 2.04 bits per heavy atom. The highest BCUT2D eigenvalue weighted by atomic mass is 16.5. The van der Waals surface area contributed by atoms with Crippen LogP contribution in [0.15, 0.2) is 48.5 Å². The van der Waals surface area contributed by atoms with Crippen molar-refractivity contribution < 1.29 is 9.53 Å². The Morgan fingerprint density at radius 3 is 2.83 bits per heavy atom. The summed E-state index contributed by atoms with van der Waals surface area (Å²) in [4.78, 5) is 12.5. The van der Waals surface area contributed by atoms with Gasteiger partial charge in [0.05, 0.1) is 7.11 Å². The van der Waals surface area contributed by atoms with Crippen molar-refractivity contribution >= 4 is 11.6 Å². The third-order valence-electron chi connectivity index (χ3n) is 3.54. The van der Waals surface area contributed by atoms with Gasteiger partial charge in [0.2, 0.25) is 0 Å². The number of hydrogen-bond acceptors (Lipinski definition) is 5. The first kappa shape index (κ1) is 15.7. The number of amides is 1. The quantitative estimate of drug-likeness (QED) is 0.780. The average molecular weight is 323 g/mol. The van der Waals surface area contributed by atoms with E-state index in [2.05, 4.69) is 20.8 Å². The summed E-state index contributed by atoms with van der Waals surface area (Å²) < 4.78 is 6.84. The van der Waals surface area contributed by atoms with Crippen LogP contribution in [0, 0.1) is 0 Å². The van der Waals surface area contributed by atoms with Crippen molar-refractivity contribution in [2.45, 2.75) is 13.5 Å². The summed E-state index contributed by atoms with van der Waals surface area (Å²) in [6.07, 6.45) is 0. The van der Waals surface area contributed by atoms with Gasteiger partial charge in [-0.3, -0.25) is 4.79 Å². The molecule has 0 spiro atoms. The van der Waals surface area contributed by atoms with E-state index < -0.39 is 0 Å². The second kappa shape index (κ2) is 6.91. The molecule has 0 fully saturated rings. The van der Waals surface area contributed by atoms with Crippen molar-refractivity contribution in [2.75, 3.05) is 12.4 Å². The summed E-state index contributed by atoms with van der Waals surface area (Å²) in [6, 6.07) is 14.4. The van der Waals surface area contributed by atoms with Crippen LogP contribution in [0.2, 0.25) is 0 Å². The smallest absolute Gasteiger partial charge is 0.255 e. The van der Waals surface area contributed by atoms with Crippen molar-refractivity contribution in [3.63, 3.8) is 0 Å². The third-order valence-corrected chi connectivity index (χ3v) is 3.54. The lowest BCUT2D eigenvalue weighted by molar-refractivity contribution is 0.102. The zero-order chi connectivity index (χ0) is 16.9. The zero-order valence-electron chi connectivity index (χ0n) is 13.4. The number of benzene rings is 2. The van der Waals surface area contributed by atoms with Gasteiger partial charge in [-0.15, -0.1) is 5.10 Å². The molecular formula is C17H17N5O2. The van der Waals surface area contributed by atoms with E-state index >= 15 is 0 Å². The molecule has 0 unspecified atom stereocenters. The molecule has 0 bridgehead atoms. The number of hydrogen-bond donors (Lipinski definition) is 1. The highest BCUT2D eigenvalue weighted by molar-refractivity contribution is 6.04. The molecule has 0 atom stereocenters. The largest absolute Gasteiger partial charge is 0.497 e. The number of methoxy groups -OCH3 is 1. The van der Waals surface area contributed by atoms with E-state index in [0.717, 1.165) is 5.56 Å². The molecule has 0 aliphatic heterocycles. The molecular weight excluding hydrogens is 306 g/mol. The summed E-state index contributed by atoms with van der Waals surface area (Å²) in [6.45, 7) is 2.61. The molecule has 7 nitrogen and oxygen atoms in total. The van der Waals surface area contributed by atoms with Crippen LogP contribution in [0.1, 0.15) is 17.3 Å². The van der Waals surface area contributed by atoms with Gasteiger partial charge in [-0.05, 0) is 41.6 Å². The summed E-state index contributed by atoms with van der Waals surface area (Å²) in [7, 11) is 1.59. The van der Waals surface area contributed by atoms with Crippen LogP contribution in [0.3, 0.4) is 0 Å². The van der Waals surface area contributed by atoms with E-state index in [1.54, 1.807) is 30.0 Å². The molecule has 1 amide bonds. The number of aromatic nitrogens is 4. The molecule has 0 aliphatic rings. The SMILES string of the molecule is CCn1nnnc1-c1cccc(C(=O)Nc2cccc(OC)c2)c1. The minimum atomic E-state index is -0.208. The number of anilines is 1. The fourth-order valence-electron chi connectivity index (χ4n) is 2.33.